The van der Waals surface area contributed by atoms with Gasteiger partial charge in [0.1, 0.15) is 11.9 Å². The standard InChI is InChI=1S/C15H11BrFN3O/c16-12-6-5-11(7-13(12)17)20-14(15(19)21)10-3-1-9(8-18)2-4-10/h1-7,14,20H,(H2,19,21)/t14-/m0/s1. The molecule has 1 atom stereocenters. The summed E-state index contributed by atoms with van der Waals surface area (Å²) in [6, 6.07) is 12.1. The molecule has 2 aromatic rings. The molecule has 0 heterocycles. The lowest BCUT2D eigenvalue weighted by Gasteiger charge is -2.17. The van der Waals surface area contributed by atoms with Crippen molar-refractivity contribution in [3.05, 3.63) is 63.9 Å². The molecule has 0 saturated carbocycles. The number of primary amides is 1. The maximum absolute atomic E-state index is 13.5. The molecule has 0 aliphatic rings. The zero-order chi connectivity index (χ0) is 15.4. The van der Waals surface area contributed by atoms with E-state index in [9.17, 15) is 9.18 Å². The van der Waals surface area contributed by atoms with E-state index in [2.05, 4.69) is 21.2 Å². The molecule has 4 nitrogen and oxygen atoms in total. The molecule has 0 spiro atoms. The van der Waals surface area contributed by atoms with Gasteiger partial charge in [-0.1, -0.05) is 12.1 Å². The first kappa shape index (κ1) is 15.0. The lowest BCUT2D eigenvalue weighted by molar-refractivity contribution is -0.118. The summed E-state index contributed by atoms with van der Waals surface area (Å²) in [5.74, 6) is -1.04. The van der Waals surface area contributed by atoms with Gasteiger partial charge >= 0.3 is 0 Å². The molecule has 1 amide bonds. The fraction of sp³-hybridized carbons (Fsp3) is 0.0667. The fourth-order valence-electron chi connectivity index (χ4n) is 1.82. The number of hydrogen-bond acceptors (Lipinski definition) is 3. The summed E-state index contributed by atoms with van der Waals surface area (Å²) in [6.45, 7) is 0. The summed E-state index contributed by atoms with van der Waals surface area (Å²) >= 11 is 3.06. The van der Waals surface area contributed by atoms with E-state index in [1.54, 1.807) is 30.3 Å². The number of nitrogens with zero attached hydrogens (tertiary/aromatic N) is 1. The molecule has 0 fully saturated rings. The molecule has 2 aromatic carbocycles. The minimum Gasteiger partial charge on any atom is -0.370 e. The maximum Gasteiger partial charge on any atom is 0.244 e. The van der Waals surface area contributed by atoms with E-state index in [4.69, 9.17) is 11.0 Å². The van der Waals surface area contributed by atoms with Crippen molar-refractivity contribution in [2.45, 2.75) is 6.04 Å². The Morgan fingerprint density at radius 3 is 2.48 bits per heavy atom. The quantitative estimate of drug-likeness (QED) is 0.891. The van der Waals surface area contributed by atoms with Crippen molar-refractivity contribution in [3.8, 4) is 6.07 Å². The number of carbonyl (C=O) groups is 1. The predicted molar refractivity (Wildman–Crippen MR) is 80.8 cm³/mol. The number of nitriles is 1. The molecule has 2 rings (SSSR count). The third kappa shape index (κ3) is 3.58. The van der Waals surface area contributed by atoms with Crippen LogP contribution in [0.25, 0.3) is 0 Å². The van der Waals surface area contributed by atoms with Crippen LogP contribution in [0.4, 0.5) is 10.1 Å². The van der Waals surface area contributed by atoms with E-state index in [-0.39, 0.29) is 0 Å². The second kappa shape index (κ2) is 6.37. The smallest absolute Gasteiger partial charge is 0.244 e. The number of rotatable bonds is 4. The average Bonchev–Trinajstić information content (AvgIpc) is 2.48. The molecule has 6 heteroatoms. The van der Waals surface area contributed by atoms with E-state index < -0.39 is 17.8 Å². The third-order valence-electron chi connectivity index (χ3n) is 2.89. The highest BCUT2D eigenvalue weighted by atomic mass is 79.9. The van der Waals surface area contributed by atoms with Crippen LogP contribution in [0, 0.1) is 17.1 Å². The van der Waals surface area contributed by atoms with Crippen LogP contribution in [0.15, 0.2) is 46.9 Å². The van der Waals surface area contributed by atoms with Gasteiger partial charge in [-0.05, 0) is 51.8 Å². The molecule has 0 bridgehead atoms. The number of nitrogens with two attached hydrogens (primary N) is 1. The SMILES string of the molecule is N#Cc1ccc([C@H](Nc2ccc(Br)c(F)c2)C(N)=O)cc1. The summed E-state index contributed by atoms with van der Waals surface area (Å²) in [5.41, 5.74) is 6.90. The Morgan fingerprint density at radius 2 is 1.95 bits per heavy atom. The minimum atomic E-state index is -0.807. The monoisotopic (exact) mass is 347 g/mol. The van der Waals surface area contributed by atoms with Gasteiger partial charge in [0, 0.05) is 5.69 Å². The maximum atomic E-state index is 13.5. The highest BCUT2D eigenvalue weighted by Gasteiger charge is 2.18. The molecule has 0 aromatic heterocycles. The zero-order valence-corrected chi connectivity index (χ0v) is 12.4. The molecular formula is C15H11BrFN3O. The van der Waals surface area contributed by atoms with E-state index in [0.717, 1.165) is 0 Å². The first-order chi connectivity index (χ1) is 10.0. The van der Waals surface area contributed by atoms with E-state index in [0.29, 0.717) is 21.3 Å². The van der Waals surface area contributed by atoms with Gasteiger partial charge in [0.05, 0.1) is 16.1 Å². The Bertz CT molecular complexity index is 710. The number of amides is 1. The van der Waals surface area contributed by atoms with Gasteiger partial charge in [0.15, 0.2) is 0 Å². The fourth-order valence-corrected chi connectivity index (χ4v) is 2.07. The zero-order valence-electron chi connectivity index (χ0n) is 10.8. The van der Waals surface area contributed by atoms with Crippen LogP contribution < -0.4 is 11.1 Å². The molecule has 0 radical (unpaired) electrons. The van der Waals surface area contributed by atoms with Crippen LogP contribution >= 0.6 is 15.9 Å². The highest BCUT2D eigenvalue weighted by molar-refractivity contribution is 9.10. The van der Waals surface area contributed by atoms with Crippen molar-refractivity contribution in [1.29, 1.82) is 5.26 Å². The molecule has 3 N–H and O–H groups in total. The number of nitrogens with one attached hydrogen (secondary N) is 1. The van der Waals surface area contributed by atoms with Gasteiger partial charge in [0.2, 0.25) is 5.91 Å². The van der Waals surface area contributed by atoms with Crippen molar-refractivity contribution in [1.82, 2.24) is 0 Å². The predicted octanol–water partition coefficient (Wildman–Crippen LogP) is 3.10. The summed E-state index contributed by atoms with van der Waals surface area (Å²) < 4.78 is 13.8. The number of hydrogen-bond donors (Lipinski definition) is 2. The number of halogens is 2. The first-order valence-corrected chi connectivity index (χ1v) is 6.81. The largest absolute Gasteiger partial charge is 0.370 e. The average molecular weight is 348 g/mol. The van der Waals surface area contributed by atoms with Crippen molar-refractivity contribution < 1.29 is 9.18 Å². The topological polar surface area (TPSA) is 78.9 Å². The van der Waals surface area contributed by atoms with Crippen LogP contribution in [0.5, 0.6) is 0 Å². The van der Waals surface area contributed by atoms with E-state index in [1.807, 2.05) is 6.07 Å². The van der Waals surface area contributed by atoms with Gasteiger partial charge in [-0.3, -0.25) is 4.79 Å². The molecule has 0 saturated heterocycles. The van der Waals surface area contributed by atoms with Crippen molar-refractivity contribution in [3.63, 3.8) is 0 Å². The van der Waals surface area contributed by atoms with E-state index >= 15 is 0 Å². The van der Waals surface area contributed by atoms with Crippen LogP contribution in [0.1, 0.15) is 17.2 Å². The lowest BCUT2D eigenvalue weighted by atomic mass is 10.0. The van der Waals surface area contributed by atoms with Gasteiger partial charge < -0.3 is 11.1 Å². The Hall–Kier alpha value is -2.39. The summed E-state index contributed by atoms with van der Waals surface area (Å²) in [4.78, 5) is 11.6. The van der Waals surface area contributed by atoms with Crippen LogP contribution in [0.2, 0.25) is 0 Å². The van der Waals surface area contributed by atoms with Crippen molar-refractivity contribution in [2.24, 2.45) is 5.73 Å². The summed E-state index contributed by atoms with van der Waals surface area (Å²) in [5, 5.41) is 11.6. The molecule has 21 heavy (non-hydrogen) atoms. The Balaban J connectivity index is 2.28. The molecule has 0 unspecified atom stereocenters. The van der Waals surface area contributed by atoms with E-state index in [1.165, 1.54) is 12.1 Å². The second-order valence-electron chi connectivity index (χ2n) is 4.34. The summed E-state index contributed by atoms with van der Waals surface area (Å²) in [6.07, 6.45) is 0. The lowest BCUT2D eigenvalue weighted by Crippen LogP contribution is -2.27. The first-order valence-electron chi connectivity index (χ1n) is 6.02. The number of benzene rings is 2. The van der Waals surface area contributed by atoms with Gasteiger partial charge in [-0.15, -0.1) is 0 Å². The van der Waals surface area contributed by atoms with Crippen molar-refractivity contribution in [2.75, 3.05) is 5.32 Å². The highest BCUT2D eigenvalue weighted by Crippen LogP contribution is 2.24. The number of anilines is 1. The second-order valence-corrected chi connectivity index (χ2v) is 5.20. The van der Waals surface area contributed by atoms with Gasteiger partial charge in [-0.25, -0.2) is 4.39 Å². The molecule has 0 aliphatic carbocycles. The minimum absolute atomic E-state index is 0.335. The molecular weight excluding hydrogens is 337 g/mol. The Morgan fingerprint density at radius 1 is 1.29 bits per heavy atom. The van der Waals surface area contributed by atoms with Gasteiger partial charge in [-0.2, -0.15) is 5.26 Å². The third-order valence-corrected chi connectivity index (χ3v) is 3.53. The number of carbonyl (C=O) groups excluding carboxylic acids is 1. The molecule has 106 valence electrons. The van der Waals surface area contributed by atoms with Crippen LogP contribution in [0.3, 0.4) is 0 Å². The van der Waals surface area contributed by atoms with Crippen LogP contribution in [-0.2, 0) is 4.79 Å². The van der Waals surface area contributed by atoms with Crippen molar-refractivity contribution >= 4 is 27.5 Å². The Labute approximate surface area is 129 Å². The van der Waals surface area contributed by atoms with Gasteiger partial charge in [0.25, 0.3) is 0 Å². The van der Waals surface area contributed by atoms with Crippen LogP contribution in [-0.4, -0.2) is 5.91 Å². The summed E-state index contributed by atoms with van der Waals surface area (Å²) in [7, 11) is 0. The Kier molecular flexibility index (Phi) is 4.55. The normalized spacial score (nSPS) is 11.5. The molecule has 0 aliphatic heterocycles.